The number of rotatable bonds is 3. The van der Waals surface area contributed by atoms with Gasteiger partial charge in [0, 0.05) is 17.5 Å². The van der Waals surface area contributed by atoms with Crippen LogP contribution in [0.5, 0.6) is 11.5 Å². The maximum Gasteiger partial charge on any atom is 0.123 e. The van der Waals surface area contributed by atoms with Crippen molar-refractivity contribution in [2.24, 2.45) is 11.7 Å². The highest BCUT2D eigenvalue weighted by atomic mass is 16.5. The third-order valence-electron chi connectivity index (χ3n) is 3.91. The lowest BCUT2D eigenvalue weighted by Gasteiger charge is -2.30. The Hall–Kier alpha value is -2.00. The number of nitrogens with two attached hydrogens (primary N) is 1. The van der Waals surface area contributed by atoms with Crippen LogP contribution in [0.25, 0.3) is 0 Å². The molecule has 0 spiro atoms. The van der Waals surface area contributed by atoms with Crippen molar-refractivity contribution in [2.75, 3.05) is 13.7 Å². The number of ether oxygens (including phenoxy) is 2. The van der Waals surface area contributed by atoms with E-state index in [-0.39, 0.29) is 12.0 Å². The van der Waals surface area contributed by atoms with Crippen molar-refractivity contribution in [1.82, 2.24) is 0 Å². The zero-order chi connectivity index (χ0) is 13.9. The number of benzene rings is 2. The molecule has 0 saturated heterocycles. The lowest BCUT2D eigenvalue weighted by molar-refractivity contribution is 0.198. The largest absolute Gasteiger partial charge is 0.496 e. The van der Waals surface area contributed by atoms with Crippen molar-refractivity contribution in [3.05, 3.63) is 59.7 Å². The molecule has 2 aromatic carbocycles. The van der Waals surface area contributed by atoms with E-state index in [1.165, 1.54) is 5.56 Å². The molecule has 2 aromatic rings. The fourth-order valence-corrected chi connectivity index (χ4v) is 2.78. The monoisotopic (exact) mass is 269 g/mol. The molecule has 1 heterocycles. The molecule has 0 aromatic heterocycles. The molecule has 2 unspecified atom stereocenters. The van der Waals surface area contributed by atoms with Crippen LogP contribution in [0.2, 0.25) is 0 Å². The second-order valence-corrected chi connectivity index (χ2v) is 5.15. The summed E-state index contributed by atoms with van der Waals surface area (Å²) in [6.07, 6.45) is 0.940. The van der Waals surface area contributed by atoms with E-state index in [9.17, 15) is 0 Å². The van der Waals surface area contributed by atoms with Crippen molar-refractivity contribution >= 4 is 0 Å². The third-order valence-corrected chi connectivity index (χ3v) is 3.91. The summed E-state index contributed by atoms with van der Waals surface area (Å²) in [6, 6.07) is 16.0. The van der Waals surface area contributed by atoms with Gasteiger partial charge >= 0.3 is 0 Å². The Kier molecular flexibility index (Phi) is 3.61. The van der Waals surface area contributed by atoms with Gasteiger partial charge in [-0.15, -0.1) is 0 Å². The van der Waals surface area contributed by atoms with E-state index in [0.29, 0.717) is 6.61 Å². The Morgan fingerprint density at radius 2 is 1.90 bits per heavy atom. The van der Waals surface area contributed by atoms with Gasteiger partial charge in [-0.2, -0.15) is 0 Å². The summed E-state index contributed by atoms with van der Waals surface area (Å²) in [5, 5.41) is 0. The summed E-state index contributed by atoms with van der Waals surface area (Å²) >= 11 is 0. The Morgan fingerprint density at radius 3 is 2.75 bits per heavy atom. The molecule has 2 atom stereocenters. The molecule has 0 radical (unpaired) electrons. The van der Waals surface area contributed by atoms with Gasteiger partial charge in [0.25, 0.3) is 0 Å². The Labute approximate surface area is 119 Å². The molecule has 0 fully saturated rings. The van der Waals surface area contributed by atoms with E-state index in [1.807, 2.05) is 42.5 Å². The molecule has 104 valence electrons. The summed E-state index contributed by atoms with van der Waals surface area (Å²) in [4.78, 5) is 0. The van der Waals surface area contributed by atoms with E-state index in [4.69, 9.17) is 15.2 Å². The first-order chi connectivity index (χ1) is 9.79. The molecular weight excluding hydrogens is 250 g/mol. The molecule has 1 aliphatic heterocycles. The number of hydrogen-bond donors (Lipinski definition) is 1. The zero-order valence-corrected chi connectivity index (χ0v) is 11.6. The van der Waals surface area contributed by atoms with Crippen molar-refractivity contribution in [3.8, 4) is 11.5 Å². The fraction of sp³-hybridized carbons (Fsp3) is 0.294. The zero-order valence-electron chi connectivity index (χ0n) is 11.6. The summed E-state index contributed by atoms with van der Waals surface area (Å²) in [6.45, 7) is 0.649. The lowest BCUT2D eigenvalue weighted by atomic mass is 9.87. The van der Waals surface area contributed by atoms with Crippen LogP contribution in [0, 0.1) is 5.92 Å². The standard InChI is InChI=1S/C17H19NO2/c1-19-16-9-5-3-7-14(16)17(18)13-10-12-6-2-4-8-15(12)20-11-13/h2-9,13,17H,10-11,18H2,1H3. The predicted octanol–water partition coefficient (Wildman–Crippen LogP) is 2.95. The third kappa shape index (κ3) is 2.37. The number of fused-ring (bicyclic) bond motifs is 1. The minimum Gasteiger partial charge on any atom is -0.496 e. The Bertz CT molecular complexity index is 597. The van der Waals surface area contributed by atoms with Crippen LogP contribution < -0.4 is 15.2 Å². The molecule has 3 rings (SSSR count). The van der Waals surface area contributed by atoms with Gasteiger partial charge in [-0.3, -0.25) is 0 Å². The van der Waals surface area contributed by atoms with Crippen LogP contribution in [-0.2, 0) is 6.42 Å². The molecule has 0 bridgehead atoms. The molecule has 2 N–H and O–H groups in total. The minimum absolute atomic E-state index is 0.0838. The molecule has 0 aliphatic carbocycles. The van der Waals surface area contributed by atoms with Crippen molar-refractivity contribution in [2.45, 2.75) is 12.5 Å². The lowest BCUT2D eigenvalue weighted by Crippen LogP contribution is -2.31. The van der Waals surface area contributed by atoms with E-state index in [1.54, 1.807) is 7.11 Å². The van der Waals surface area contributed by atoms with E-state index in [2.05, 4.69) is 6.07 Å². The first-order valence-electron chi connectivity index (χ1n) is 6.89. The van der Waals surface area contributed by atoms with Gasteiger partial charge in [0.05, 0.1) is 13.7 Å². The van der Waals surface area contributed by atoms with Crippen molar-refractivity contribution in [1.29, 1.82) is 0 Å². The fourth-order valence-electron chi connectivity index (χ4n) is 2.78. The summed E-state index contributed by atoms with van der Waals surface area (Å²) in [5.74, 6) is 2.09. The summed E-state index contributed by atoms with van der Waals surface area (Å²) < 4.78 is 11.2. The smallest absolute Gasteiger partial charge is 0.123 e. The topological polar surface area (TPSA) is 44.5 Å². The van der Waals surface area contributed by atoms with Crippen molar-refractivity contribution in [3.63, 3.8) is 0 Å². The van der Waals surface area contributed by atoms with Gasteiger partial charge in [-0.25, -0.2) is 0 Å². The molecular formula is C17H19NO2. The van der Waals surface area contributed by atoms with Crippen LogP contribution >= 0.6 is 0 Å². The number of hydrogen-bond acceptors (Lipinski definition) is 3. The maximum absolute atomic E-state index is 6.44. The molecule has 20 heavy (non-hydrogen) atoms. The van der Waals surface area contributed by atoms with Gasteiger partial charge in [-0.05, 0) is 24.1 Å². The van der Waals surface area contributed by atoms with E-state index >= 15 is 0 Å². The average molecular weight is 269 g/mol. The Morgan fingerprint density at radius 1 is 1.15 bits per heavy atom. The number of methoxy groups -OCH3 is 1. The van der Waals surface area contributed by atoms with Gasteiger partial charge in [0.2, 0.25) is 0 Å². The Balaban J connectivity index is 1.84. The summed E-state index contributed by atoms with van der Waals surface area (Å²) in [5.41, 5.74) is 8.72. The molecule has 3 heteroatoms. The normalized spacial score (nSPS) is 18.8. The van der Waals surface area contributed by atoms with Gasteiger partial charge in [0.1, 0.15) is 11.5 Å². The highest BCUT2D eigenvalue weighted by Crippen LogP contribution is 2.35. The van der Waals surface area contributed by atoms with Crippen LogP contribution in [0.4, 0.5) is 0 Å². The highest BCUT2D eigenvalue weighted by molar-refractivity contribution is 5.39. The van der Waals surface area contributed by atoms with Gasteiger partial charge in [-0.1, -0.05) is 36.4 Å². The van der Waals surface area contributed by atoms with E-state index < -0.39 is 0 Å². The maximum atomic E-state index is 6.44. The first kappa shape index (κ1) is 13.0. The van der Waals surface area contributed by atoms with Crippen LogP contribution in [0.1, 0.15) is 17.2 Å². The van der Waals surface area contributed by atoms with E-state index in [0.717, 1.165) is 23.5 Å². The second kappa shape index (κ2) is 5.55. The SMILES string of the molecule is COc1ccccc1C(N)C1COc2ccccc2C1. The second-order valence-electron chi connectivity index (χ2n) is 5.15. The molecule has 1 aliphatic rings. The van der Waals surface area contributed by atoms with Gasteiger partial charge < -0.3 is 15.2 Å². The van der Waals surface area contributed by atoms with Crippen LogP contribution in [0.15, 0.2) is 48.5 Å². The molecule has 0 saturated carbocycles. The first-order valence-corrected chi connectivity index (χ1v) is 6.89. The quantitative estimate of drug-likeness (QED) is 0.931. The highest BCUT2D eigenvalue weighted by Gasteiger charge is 2.27. The minimum atomic E-state index is -0.0838. The average Bonchev–Trinajstić information content (AvgIpc) is 2.53. The molecule has 3 nitrogen and oxygen atoms in total. The van der Waals surface area contributed by atoms with Crippen molar-refractivity contribution < 1.29 is 9.47 Å². The van der Waals surface area contributed by atoms with Gasteiger partial charge in [0.15, 0.2) is 0 Å². The van der Waals surface area contributed by atoms with Crippen LogP contribution in [0.3, 0.4) is 0 Å². The predicted molar refractivity (Wildman–Crippen MR) is 79.1 cm³/mol. The molecule has 0 amide bonds. The van der Waals surface area contributed by atoms with Crippen LogP contribution in [-0.4, -0.2) is 13.7 Å². The number of para-hydroxylation sites is 2. The summed E-state index contributed by atoms with van der Waals surface area (Å²) in [7, 11) is 1.68.